The van der Waals surface area contributed by atoms with E-state index in [9.17, 15) is 23.2 Å². The monoisotopic (exact) mass is 377 g/mol. The quantitative estimate of drug-likeness (QED) is 0.570. The number of esters is 1. The van der Waals surface area contributed by atoms with E-state index in [-0.39, 0.29) is 17.0 Å². The summed E-state index contributed by atoms with van der Waals surface area (Å²) < 4.78 is 33.5. The third-order valence-electron chi connectivity index (χ3n) is 3.43. The minimum atomic E-state index is -3.02. The second-order valence-corrected chi connectivity index (χ2v) is 5.37. The standard InChI is InChI=1S/C17H13F2N3O5/c18-16(19)27-11-3-1-2-9(6-11)15(24)26-8-14(23)20-10-4-5-12-13(7-10)22-17(25)21-12/h1-7,16H,8H2,(H,20,23)(H2,21,22,25). The molecule has 0 unspecified atom stereocenters. The summed E-state index contributed by atoms with van der Waals surface area (Å²) in [5.41, 5.74) is 1.07. The molecule has 3 aromatic rings. The first-order chi connectivity index (χ1) is 12.9. The van der Waals surface area contributed by atoms with Gasteiger partial charge >= 0.3 is 18.3 Å². The number of ether oxygens (including phenoxy) is 2. The second-order valence-electron chi connectivity index (χ2n) is 5.37. The summed E-state index contributed by atoms with van der Waals surface area (Å²) in [6.07, 6.45) is 0. The first-order valence-electron chi connectivity index (χ1n) is 7.64. The van der Waals surface area contributed by atoms with Gasteiger partial charge in [0.25, 0.3) is 5.91 Å². The van der Waals surface area contributed by atoms with Crippen molar-refractivity contribution in [2.75, 3.05) is 11.9 Å². The molecule has 1 amide bonds. The summed E-state index contributed by atoms with van der Waals surface area (Å²) in [4.78, 5) is 40.2. The third-order valence-corrected chi connectivity index (χ3v) is 3.43. The van der Waals surface area contributed by atoms with Crippen LogP contribution in [0.4, 0.5) is 14.5 Å². The summed E-state index contributed by atoms with van der Waals surface area (Å²) in [5, 5.41) is 2.51. The van der Waals surface area contributed by atoms with Crippen LogP contribution in [0.15, 0.2) is 47.3 Å². The van der Waals surface area contributed by atoms with Crippen LogP contribution in [-0.4, -0.2) is 35.1 Å². The molecule has 8 nitrogen and oxygen atoms in total. The summed E-state index contributed by atoms with van der Waals surface area (Å²) in [6.45, 7) is -3.60. The van der Waals surface area contributed by atoms with Gasteiger partial charge < -0.3 is 24.8 Å². The van der Waals surface area contributed by atoms with E-state index in [2.05, 4.69) is 20.0 Å². The van der Waals surface area contributed by atoms with Gasteiger partial charge in [0, 0.05) is 5.69 Å². The van der Waals surface area contributed by atoms with Gasteiger partial charge in [0.2, 0.25) is 0 Å². The molecular weight excluding hydrogens is 364 g/mol. The molecule has 140 valence electrons. The van der Waals surface area contributed by atoms with Gasteiger partial charge in [-0.2, -0.15) is 8.78 Å². The lowest BCUT2D eigenvalue weighted by atomic mass is 10.2. The van der Waals surface area contributed by atoms with Crippen molar-refractivity contribution in [2.45, 2.75) is 6.61 Å². The molecule has 1 heterocycles. The lowest BCUT2D eigenvalue weighted by Gasteiger charge is -2.08. The number of carbonyl (C=O) groups is 2. The number of hydrogen-bond acceptors (Lipinski definition) is 5. The fourth-order valence-corrected chi connectivity index (χ4v) is 2.32. The van der Waals surface area contributed by atoms with Crippen molar-refractivity contribution < 1.29 is 27.8 Å². The largest absolute Gasteiger partial charge is 0.452 e. The molecule has 0 bridgehead atoms. The molecule has 1 aromatic heterocycles. The molecule has 3 rings (SSSR count). The van der Waals surface area contributed by atoms with Crippen LogP contribution in [0.3, 0.4) is 0 Å². The number of imidazole rings is 1. The van der Waals surface area contributed by atoms with E-state index >= 15 is 0 Å². The molecule has 0 aliphatic heterocycles. The van der Waals surface area contributed by atoms with Gasteiger partial charge in [0.15, 0.2) is 6.61 Å². The Morgan fingerprint density at radius 2 is 1.85 bits per heavy atom. The highest BCUT2D eigenvalue weighted by Crippen LogP contribution is 2.17. The van der Waals surface area contributed by atoms with Crippen LogP contribution in [0.25, 0.3) is 11.0 Å². The van der Waals surface area contributed by atoms with E-state index in [1.807, 2.05) is 0 Å². The Kier molecular flexibility index (Phi) is 5.15. The number of hydrogen-bond donors (Lipinski definition) is 3. The first-order valence-corrected chi connectivity index (χ1v) is 7.64. The van der Waals surface area contributed by atoms with Crippen molar-refractivity contribution in [2.24, 2.45) is 0 Å². The summed E-state index contributed by atoms with van der Waals surface area (Å²) in [7, 11) is 0. The number of anilines is 1. The zero-order valence-electron chi connectivity index (χ0n) is 13.6. The van der Waals surface area contributed by atoms with Crippen LogP contribution in [0.2, 0.25) is 0 Å². The average Bonchev–Trinajstić information content (AvgIpc) is 2.98. The molecule has 0 fully saturated rings. The van der Waals surface area contributed by atoms with Crippen molar-refractivity contribution in [1.29, 1.82) is 0 Å². The Morgan fingerprint density at radius 3 is 2.63 bits per heavy atom. The Balaban J connectivity index is 1.57. The predicted molar refractivity (Wildman–Crippen MR) is 90.9 cm³/mol. The van der Waals surface area contributed by atoms with E-state index in [0.29, 0.717) is 16.7 Å². The lowest BCUT2D eigenvalue weighted by molar-refractivity contribution is -0.119. The third kappa shape index (κ3) is 4.69. The summed E-state index contributed by atoms with van der Waals surface area (Å²) in [6, 6.07) is 9.74. The SMILES string of the molecule is O=C(COC(=O)c1cccc(OC(F)F)c1)Nc1ccc2[nH]c(=O)[nH]c2c1. The van der Waals surface area contributed by atoms with Gasteiger partial charge in [0.1, 0.15) is 5.75 Å². The van der Waals surface area contributed by atoms with Gasteiger partial charge in [-0.25, -0.2) is 9.59 Å². The van der Waals surface area contributed by atoms with Crippen molar-refractivity contribution >= 4 is 28.6 Å². The van der Waals surface area contributed by atoms with Crippen LogP contribution in [0.5, 0.6) is 5.75 Å². The fourth-order valence-electron chi connectivity index (χ4n) is 2.32. The Bertz CT molecular complexity index is 1040. The topological polar surface area (TPSA) is 113 Å². The number of alkyl halides is 2. The smallest absolute Gasteiger partial charge is 0.387 e. The highest BCUT2D eigenvalue weighted by Gasteiger charge is 2.13. The van der Waals surface area contributed by atoms with E-state index in [4.69, 9.17) is 4.74 Å². The zero-order chi connectivity index (χ0) is 19.4. The molecule has 0 saturated heterocycles. The average molecular weight is 377 g/mol. The minimum Gasteiger partial charge on any atom is -0.452 e. The molecule has 2 aromatic carbocycles. The predicted octanol–water partition coefficient (Wildman–Crippen LogP) is 2.25. The number of aromatic amines is 2. The summed E-state index contributed by atoms with van der Waals surface area (Å²) in [5.74, 6) is -1.67. The van der Waals surface area contributed by atoms with Crippen molar-refractivity contribution in [3.05, 3.63) is 58.5 Å². The van der Waals surface area contributed by atoms with Crippen molar-refractivity contribution in [1.82, 2.24) is 9.97 Å². The van der Waals surface area contributed by atoms with Crippen LogP contribution >= 0.6 is 0 Å². The number of H-pyrrole nitrogens is 2. The second kappa shape index (κ2) is 7.68. The number of aromatic nitrogens is 2. The van der Waals surface area contributed by atoms with Gasteiger partial charge in [-0.05, 0) is 36.4 Å². The van der Waals surface area contributed by atoms with E-state index in [0.717, 1.165) is 6.07 Å². The van der Waals surface area contributed by atoms with Crippen molar-refractivity contribution in [3.8, 4) is 5.75 Å². The first kappa shape index (κ1) is 18.1. The normalized spacial score (nSPS) is 10.8. The van der Waals surface area contributed by atoms with Crippen molar-refractivity contribution in [3.63, 3.8) is 0 Å². The number of rotatable bonds is 6. The zero-order valence-corrected chi connectivity index (χ0v) is 13.6. The maximum absolute atomic E-state index is 12.2. The summed E-state index contributed by atoms with van der Waals surface area (Å²) >= 11 is 0. The highest BCUT2D eigenvalue weighted by molar-refractivity contribution is 5.96. The highest BCUT2D eigenvalue weighted by atomic mass is 19.3. The number of amides is 1. The molecule has 0 saturated carbocycles. The minimum absolute atomic E-state index is 0.0349. The van der Waals surface area contributed by atoms with Crippen LogP contribution < -0.4 is 15.7 Å². The molecule has 0 aliphatic rings. The maximum atomic E-state index is 12.2. The van der Waals surface area contributed by atoms with Crippen LogP contribution in [0, 0.1) is 0 Å². The number of carbonyl (C=O) groups excluding carboxylic acids is 2. The van der Waals surface area contributed by atoms with Crippen LogP contribution in [-0.2, 0) is 9.53 Å². The Labute approximate surface area is 150 Å². The molecule has 0 radical (unpaired) electrons. The fraction of sp³-hybridized carbons (Fsp3) is 0.118. The molecule has 3 N–H and O–H groups in total. The molecule has 0 atom stereocenters. The number of fused-ring (bicyclic) bond motifs is 1. The Hall–Kier alpha value is -3.69. The number of nitrogens with one attached hydrogen (secondary N) is 3. The molecule has 0 spiro atoms. The van der Waals surface area contributed by atoms with Crippen LogP contribution in [0.1, 0.15) is 10.4 Å². The lowest BCUT2D eigenvalue weighted by Crippen LogP contribution is -2.21. The molecule has 10 heteroatoms. The maximum Gasteiger partial charge on any atom is 0.387 e. The number of benzene rings is 2. The Morgan fingerprint density at radius 1 is 1.07 bits per heavy atom. The van der Waals surface area contributed by atoms with E-state index < -0.39 is 25.1 Å². The molecule has 27 heavy (non-hydrogen) atoms. The number of halogens is 2. The van der Waals surface area contributed by atoms with Gasteiger partial charge in [-0.1, -0.05) is 6.07 Å². The van der Waals surface area contributed by atoms with Gasteiger partial charge in [-0.15, -0.1) is 0 Å². The van der Waals surface area contributed by atoms with Gasteiger partial charge in [0.05, 0.1) is 16.6 Å². The van der Waals surface area contributed by atoms with E-state index in [1.54, 1.807) is 12.1 Å². The van der Waals surface area contributed by atoms with Gasteiger partial charge in [-0.3, -0.25) is 4.79 Å². The molecular formula is C17H13F2N3O5. The van der Waals surface area contributed by atoms with E-state index in [1.165, 1.54) is 24.3 Å². The molecule has 0 aliphatic carbocycles.